The second-order valence-electron chi connectivity index (χ2n) is 14.3. The smallest absolute Gasteiger partial charge is 0.160 e. The highest BCUT2D eigenvalue weighted by Crippen LogP contribution is 2.61. The lowest BCUT2D eigenvalue weighted by Crippen LogP contribution is -2.34. The molecule has 3 heterocycles. The van der Waals surface area contributed by atoms with Gasteiger partial charge in [0, 0.05) is 38.9 Å². The Morgan fingerprint density at radius 3 is 1.54 bits per heavy atom. The van der Waals surface area contributed by atoms with E-state index in [2.05, 4.69) is 181 Å². The largest absolute Gasteiger partial charge is 0.264 e. The van der Waals surface area contributed by atoms with Crippen molar-refractivity contribution in [2.75, 3.05) is 0 Å². The molecule has 0 amide bonds. The van der Waals surface area contributed by atoms with Crippen LogP contribution in [0.2, 0.25) is 0 Å². The molecule has 262 valence electrons. The minimum Gasteiger partial charge on any atom is -0.264 e. The number of fused-ring (bicyclic) bond motifs is 11. The lowest BCUT2D eigenvalue weighted by molar-refractivity contribution is 0.708. The molecule has 4 heteroatoms. The van der Waals surface area contributed by atoms with E-state index in [4.69, 9.17) is 9.97 Å². The molecule has 11 rings (SSSR count). The zero-order valence-electron chi connectivity index (χ0n) is 30.3. The Morgan fingerprint density at radius 2 is 0.875 bits per heavy atom. The monoisotopic (exact) mass is 731 g/mol. The molecule has 2 aliphatic rings. The highest BCUT2D eigenvalue weighted by Gasteiger charge is 2.48. The summed E-state index contributed by atoms with van der Waals surface area (Å²) in [7, 11) is 0. The summed E-state index contributed by atoms with van der Waals surface area (Å²) in [5.41, 5.74) is 16.4. The molecule has 7 aromatic carbocycles. The van der Waals surface area contributed by atoms with Gasteiger partial charge in [-0.3, -0.25) is 4.98 Å². The van der Waals surface area contributed by atoms with Crippen LogP contribution in [0.3, 0.4) is 0 Å². The summed E-state index contributed by atoms with van der Waals surface area (Å²) in [5.74, 6) is 0.688. The average Bonchev–Trinajstić information content (AvgIpc) is 3.38. The summed E-state index contributed by atoms with van der Waals surface area (Å²) in [4.78, 5) is 17.5. The van der Waals surface area contributed by atoms with Crippen LogP contribution in [0.4, 0.5) is 0 Å². The van der Waals surface area contributed by atoms with Gasteiger partial charge >= 0.3 is 0 Å². The van der Waals surface area contributed by atoms with Crippen molar-refractivity contribution in [2.45, 2.75) is 15.2 Å². The second-order valence-corrected chi connectivity index (χ2v) is 15.4. The van der Waals surface area contributed by atoms with Crippen molar-refractivity contribution in [3.05, 3.63) is 223 Å². The third-order valence-electron chi connectivity index (χ3n) is 11.3. The Bertz CT molecular complexity index is 2890. The van der Waals surface area contributed by atoms with E-state index in [9.17, 15) is 0 Å². The first kappa shape index (κ1) is 32.5. The molecule has 0 bridgehead atoms. The van der Waals surface area contributed by atoms with Gasteiger partial charge in [-0.15, -0.1) is 0 Å². The normalized spacial score (nSPS) is 13.1. The molecule has 1 spiro atoms. The first-order valence-corrected chi connectivity index (χ1v) is 19.7. The van der Waals surface area contributed by atoms with Crippen LogP contribution in [0.15, 0.2) is 210 Å². The van der Waals surface area contributed by atoms with Gasteiger partial charge in [0.25, 0.3) is 0 Å². The maximum absolute atomic E-state index is 5.36. The molecule has 0 saturated carbocycles. The second kappa shape index (κ2) is 13.2. The van der Waals surface area contributed by atoms with Crippen LogP contribution in [-0.4, -0.2) is 15.0 Å². The summed E-state index contributed by atoms with van der Waals surface area (Å²) < 4.78 is 0. The summed E-state index contributed by atoms with van der Waals surface area (Å²) in [6.45, 7) is 0. The Morgan fingerprint density at radius 1 is 0.357 bits per heavy atom. The number of benzene rings is 7. The quantitative estimate of drug-likeness (QED) is 0.181. The number of nitrogens with zero attached hydrogens (tertiary/aromatic N) is 3. The highest BCUT2D eigenvalue weighted by molar-refractivity contribution is 7.99. The Balaban J connectivity index is 1.19. The van der Waals surface area contributed by atoms with E-state index < -0.39 is 5.41 Å². The minimum absolute atomic E-state index is 0.610. The first-order valence-electron chi connectivity index (χ1n) is 18.9. The fraction of sp³-hybridized carbons (Fsp3) is 0.0192. The molecule has 0 N–H and O–H groups in total. The summed E-state index contributed by atoms with van der Waals surface area (Å²) in [5, 5.41) is 0. The van der Waals surface area contributed by atoms with Gasteiger partial charge in [-0.25, -0.2) is 9.97 Å². The summed E-state index contributed by atoms with van der Waals surface area (Å²) in [6, 6.07) is 67.9. The van der Waals surface area contributed by atoms with Gasteiger partial charge in [0.15, 0.2) is 5.82 Å². The van der Waals surface area contributed by atoms with Crippen molar-refractivity contribution in [1.82, 2.24) is 15.0 Å². The predicted molar refractivity (Wildman–Crippen MR) is 228 cm³/mol. The van der Waals surface area contributed by atoms with Crippen molar-refractivity contribution in [3.63, 3.8) is 0 Å². The minimum atomic E-state index is -0.610. The number of aromatic nitrogens is 3. The number of hydrogen-bond donors (Lipinski definition) is 0. The topological polar surface area (TPSA) is 38.7 Å². The molecular formula is C52H33N3S. The van der Waals surface area contributed by atoms with E-state index in [-0.39, 0.29) is 0 Å². The van der Waals surface area contributed by atoms with E-state index >= 15 is 0 Å². The molecule has 56 heavy (non-hydrogen) atoms. The third-order valence-corrected chi connectivity index (χ3v) is 12.4. The van der Waals surface area contributed by atoms with Crippen LogP contribution in [-0.2, 0) is 5.41 Å². The fourth-order valence-corrected chi connectivity index (χ4v) is 9.99. The molecule has 2 aromatic heterocycles. The average molecular weight is 732 g/mol. The van der Waals surface area contributed by atoms with Gasteiger partial charge in [-0.05, 0) is 86.0 Å². The van der Waals surface area contributed by atoms with Gasteiger partial charge in [-0.1, -0.05) is 169 Å². The van der Waals surface area contributed by atoms with Gasteiger partial charge in [0.1, 0.15) is 0 Å². The van der Waals surface area contributed by atoms with Crippen molar-refractivity contribution in [3.8, 4) is 67.3 Å². The molecular weight excluding hydrogens is 699 g/mol. The molecule has 0 atom stereocenters. The molecule has 1 aliphatic heterocycles. The van der Waals surface area contributed by atoms with Crippen LogP contribution in [0, 0.1) is 0 Å². The van der Waals surface area contributed by atoms with Gasteiger partial charge in [-0.2, -0.15) is 0 Å². The van der Waals surface area contributed by atoms with E-state index in [1.807, 2.05) is 30.1 Å². The molecule has 0 fully saturated rings. The van der Waals surface area contributed by atoms with Crippen LogP contribution < -0.4 is 0 Å². The Kier molecular flexibility index (Phi) is 7.64. The zero-order valence-corrected chi connectivity index (χ0v) is 31.1. The predicted octanol–water partition coefficient (Wildman–Crippen LogP) is 13.0. The zero-order chi connectivity index (χ0) is 37.1. The Labute approximate surface area is 330 Å². The maximum atomic E-state index is 5.36. The molecule has 0 unspecified atom stereocenters. The van der Waals surface area contributed by atoms with Crippen molar-refractivity contribution in [1.29, 1.82) is 0 Å². The summed E-state index contributed by atoms with van der Waals surface area (Å²) in [6.07, 6.45) is 3.70. The SMILES string of the molecule is c1ccc(-c2cc(-c3ccc(-c4cccnc4)cc3)nc(-c3ccc4c(c3)C3(c5ccccc5Sc5ccccc53)c3ccccc3-c3ccccc3-4)n2)cc1. The lowest BCUT2D eigenvalue weighted by Gasteiger charge is -2.42. The molecule has 0 saturated heterocycles. The summed E-state index contributed by atoms with van der Waals surface area (Å²) >= 11 is 1.86. The third kappa shape index (κ3) is 5.10. The molecule has 3 nitrogen and oxygen atoms in total. The number of rotatable bonds is 4. The molecule has 0 radical (unpaired) electrons. The van der Waals surface area contributed by atoms with E-state index in [0.29, 0.717) is 5.82 Å². The van der Waals surface area contributed by atoms with Crippen molar-refractivity contribution in [2.24, 2.45) is 0 Å². The first-order chi connectivity index (χ1) is 27.8. The number of hydrogen-bond acceptors (Lipinski definition) is 4. The van der Waals surface area contributed by atoms with Gasteiger partial charge in [0.05, 0.1) is 16.8 Å². The maximum Gasteiger partial charge on any atom is 0.160 e. The standard InChI is InChI=1S/C52H33N3S/c1-2-13-35(14-3-1)47-32-48(36-26-24-34(25-27-36)38-15-12-30-53-33-38)55-51(54-47)37-28-29-42-40-17-5-4-16-39(40)41-18-6-7-19-43(41)52(46(42)31-37)44-20-8-10-22-49(44)56-50-23-11-9-21-45(50)52/h1-33H. The lowest BCUT2D eigenvalue weighted by atomic mass is 9.63. The van der Waals surface area contributed by atoms with Crippen molar-refractivity contribution >= 4 is 11.8 Å². The van der Waals surface area contributed by atoms with Gasteiger partial charge in [0.2, 0.25) is 0 Å². The van der Waals surface area contributed by atoms with E-state index in [1.54, 1.807) is 6.20 Å². The van der Waals surface area contributed by atoms with Crippen LogP contribution in [0.5, 0.6) is 0 Å². The molecule has 9 aromatic rings. The van der Waals surface area contributed by atoms with E-state index in [0.717, 1.165) is 39.2 Å². The van der Waals surface area contributed by atoms with Crippen LogP contribution >= 0.6 is 11.8 Å². The Hall–Kier alpha value is -6.88. The molecule has 1 aliphatic carbocycles. The number of pyridine rings is 1. The van der Waals surface area contributed by atoms with Crippen LogP contribution in [0.25, 0.3) is 67.3 Å². The fourth-order valence-electron chi connectivity index (χ4n) is 8.79. The van der Waals surface area contributed by atoms with E-state index in [1.165, 1.54) is 54.3 Å². The van der Waals surface area contributed by atoms with Crippen molar-refractivity contribution < 1.29 is 0 Å². The van der Waals surface area contributed by atoms with Crippen LogP contribution in [0.1, 0.15) is 22.3 Å². The highest BCUT2D eigenvalue weighted by atomic mass is 32.2. The van der Waals surface area contributed by atoms with Gasteiger partial charge < -0.3 is 0 Å².